The van der Waals surface area contributed by atoms with Crippen molar-refractivity contribution in [3.05, 3.63) is 83.8 Å². The molecule has 0 fully saturated rings. The molecule has 0 saturated heterocycles. The highest BCUT2D eigenvalue weighted by Crippen LogP contribution is 2.26. The van der Waals surface area contributed by atoms with E-state index in [0.717, 1.165) is 27.6 Å². The van der Waals surface area contributed by atoms with E-state index < -0.39 is 6.50 Å². The molecule has 0 atom stereocenters. The number of aryl methyl sites for hydroxylation is 1. The second kappa shape index (κ2) is 6.06. The van der Waals surface area contributed by atoms with E-state index in [1.165, 1.54) is 11.1 Å². The Balaban J connectivity index is 1.41. The summed E-state index contributed by atoms with van der Waals surface area (Å²) in [5.74, 6) is -0.329. The summed E-state index contributed by atoms with van der Waals surface area (Å²) in [7, 11) is 1.92. The molecule has 3 heterocycles. The summed E-state index contributed by atoms with van der Waals surface area (Å²) in [4.78, 5) is 18.0. The van der Waals surface area contributed by atoms with Gasteiger partial charge >= 0.3 is 0 Å². The van der Waals surface area contributed by atoms with Gasteiger partial charge in [0.2, 0.25) is 0 Å². The predicted molar refractivity (Wildman–Crippen MR) is 104 cm³/mol. The van der Waals surface area contributed by atoms with Gasteiger partial charge in [-0.05, 0) is 41.0 Å². The number of amides is 1. The largest absolute Gasteiger partial charge is 0.328 e. The van der Waals surface area contributed by atoms with Crippen molar-refractivity contribution < 1.29 is 7.54 Å². The minimum atomic E-state index is -1.92. The summed E-state index contributed by atoms with van der Waals surface area (Å²) in [5.41, 5.74) is 4.60. The molecule has 0 bridgehead atoms. The Morgan fingerprint density at radius 2 is 1.93 bits per heavy atom. The Hall–Kier alpha value is -3.47. The van der Waals surface area contributed by atoms with Crippen molar-refractivity contribution in [2.24, 2.45) is 7.05 Å². The number of carbonyl (C=O) groups excluding carboxylic acids is 1. The van der Waals surface area contributed by atoms with Gasteiger partial charge in [0.05, 0.1) is 32.2 Å². The number of aromatic nitrogens is 3. The summed E-state index contributed by atoms with van der Waals surface area (Å²) >= 11 is 0. The summed E-state index contributed by atoms with van der Waals surface area (Å²) < 4.78 is 18.6. The molecule has 0 aliphatic carbocycles. The van der Waals surface area contributed by atoms with Gasteiger partial charge in [-0.15, -0.1) is 0 Å². The topological polar surface area (TPSA) is 51.0 Å². The molecule has 0 spiro atoms. The Kier molecular flexibility index (Phi) is 3.07. The Morgan fingerprint density at radius 3 is 2.74 bits per heavy atom. The van der Waals surface area contributed by atoms with Crippen LogP contribution < -0.4 is 0 Å². The number of hydrogen-bond donors (Lipinski definition) is 0. The molecule has 0 radical (unpaired) electrons. The van der Waals surface area contributed by atoms with Gasteiger partial charge in [-0.3, -0.25) is 14.5 Å². The third-order valence-corrected chi connectivity index (χ3v) is 4.90. The molecule has 4 aromatic rings. The van der Waals surface area contributed by atoms with E-state index >= 15 is 0 Å². The van der Waals surface area contributed by atoms with Gasteiger partial charge in [-0.25, -0.2) is 0 Å². The first-order chi connectivity index (χ1) is 13.9. The number of carbonyl (C=O) groups is 1. The third-order valence-electron chi connectivity index (χ3n) is 4.90. The molecule has 132 valence electrons. The molecule has 5 nitrogen and oxygen atoms in total. The second-order valence-corrected chi connectivity index (χ2v) is 6.64. The summed E-state index contributed by atoms with van der Waals surface area (Å²) in [6.45, 7) is -1.73. The lowest BCUT2D eigenvalue weighted by molar-refractivity contribution is 0.0766. The standard InChI is InChI=1S/C22H18N4O/c1-25-21-9-8-17(11-18(21)12-24-25)16-6-4-15(5-7-16)13-26-14-20-19(22(26)27)3-2-10-23-20/h2-12H,13-14H2,1H3/i14D2. The van der Waals surface area contributed by atoms with Crippen LogP contribution in [-0.4, -0.2) is 25.6 Å². The molecule has 1 aliphatic rings. The van der Waals surface area contributed by atoms with Crippen LogP contribution in [0, 0.1) is 0 Å². The van der Waals surface area contributed by atoms with Crippen molar-refractivity contribution in [1.29, 1.82) is 0 Å². The minimum Gasteiger partial charge on any atom is -0.328 e. The molecule has 0 unspecified atom stereocenters. The molecule has 0 N–H and O–H groups in total. The van der Waals surface area contributed by atoms with Gasteiger partial charge in [-0.1, -0.05) is 30.3 Å². The Bertz CT molecular complexity index is 1250. The molecule has 0 saturated carbocycles. The highest BCUT2D eigenvalue weighted by Gasteiger charge is 2.27. The van der Waals surface area contributed by atoms with Crippen LogP contribution in [0.5, 0.6) is 0 Å². The van der Waals surface area contributed by atoms with Crippen LogP contribution in [0.4, 0.5) is 0 Å². The average Bonchev–Trinajstić information content (AvgIpc) is 3.20. The summed E-state index contributed by atoms with van der Waals surface area (Å²) in [6, 6.07) is 17.3. The number of hydrogen-bond acceptors (Lipinski definition) is 3. The van der Waals surface area contributed by atoms with E-state index in [-0.39, 0.29) is 18.1 Å². The van der Waals surface area contributed by atoms with Crippen LogP contribution in [-0.2, 0) is 20.1 Å². The maximum atomic E-state index is 12.7. The quantitative estimate of drug-likeness (QED) is 0.561. The highest BCUT2D eigenvalue weighted by atomic mass is 16.2. The van der Waals surface area contributed by atoms with Crippen molar-refractivity contribution in [2.75, 3.05) is 0 Å². The first kappa shape index (κ1) is 13.7. The van der Waals surface area contributed by atoms with Crippen molar-refractivity contribution >= 4 is 16.8 Å². The van der Waals surface area contributed by atoms with E-state index in [2.05, 4.69) is 22.2 Å². The first-order valence-electron chi connectivity index (χ1n) is 9.74. The van der Waals surface area contributed by atoms with E-state index in [0.29, 0.717) is 5.56 Å². The lowest BCUT2D eigenvalue weighted by Crippen LogP contribution is -2.23. The van der Waals surface area contributed by atoms with E-state index in [4.69, 9.17) is 2.74 Å². The molecular formula is C22H18N4O. The van der Waals surface area contributed by atoms with Crippen LogP contribution in [0.25, 0.3) is 22.0 Å². The fourth-order valence-electron chi connectivity index (χ4n) is 3.43. The maximum absolute atomic E-state index is 12.7. The van der Waals surface area contributed by atoms with Crippen molar-refractivity contribution in [1.82, 2.24) is 19.7 Å². The van der Waals surface area contributed by atoms with Gasteiger partial charge in [0.25, 0.3) is 5.91 Å². The van der Waals surface area contributed by atoms with Gasteiger partial charge in [0.1, 0.15) is 0 Å². The highest BCUT2D eigenvalue weighted by molar-refractivity contribution is 5.97. The van der Waals surface area contributed by atoms with Crippen molar-refractivity contribution in [3.63, 3.8) is 0 Å². The second-order valence-electron chi connectivity index (χ2n) is 6.64. The molecule has 2 aromatic carbocycles. The number of benzene rings is 2. The van der Waals surface area contributed by atoms with Gasteiger partial charge in [0, 0.05) is 25.2 Å². The zero-order chi connectivity index (χ0) is 20.2. The number of fused-ring (bicyclic) bond motifs is 2. The van der Waals surface area contributed by atoms with Crippen molar-refractivity contribution in [3.8, 4) is 11.1 Å². The molecule has 2 aromatic heterocycles. The fraction of sp³-hybridized carbons (Fsp3) is 0.136. The van der Waals surface area contributed by atoms with Gasteiger partial charge < -0.3 is 4.90 Å². The smallest absolute Gasteiger partial charge is 0.256 e. The van der Waals surface area contributed by atoms with E-state index in [1.807, 2.05) is 48.3 Å². The zero-order valence-corrected chi connectivity index (χ0v) is 14.8. The molecule has 5 heteroatoms. The van der Waals surface area contributed by atoms with Crippen LogP contribution >= 0.6 is 0 Å². The number of rotatable bonds is 3. The van der Waals surface area contributed by atoms with Crippen LogP contribution in [0.1, 0.15) is 24.4 Å². The maximum Gasteiger partial charge on any atom is 0.256 e. The fourth-order valence-corrected chi connectivity index (χ4v) is 3.43. The van der Waals surface area contributed by atoms with Crippen LogP contribution in [0.15, 0.2) is 67.0 Å². The van der Waals surface area contributed by atoms with E-state index in [1.54, 1.807) is 12.1 Å². The molecule has 1 aliphatic heterocycles. The predicted octanol–water partition coefficient (Wildman–Crippen LogP) is 3.79. The van der Waals surface area contributed by atoms with Crippen LogP contribution in [0.3, 0.4) is 0 Å². The molecule has 5 rings (SSSR count). The summed E-state index contributed by atoms with van der Waals surface area (Å²) in [6.07, 6.45) is 3.36. The number of nitrogens with zero attached hydrogens (tertiary/aromatic N) is 4. The normalized spacial score (nSPS) is 16.3. The average molecular weight is 356 g/mol. The monoisotopic (exact) mass is 356 g/mol. The first-order valence-corrected chi connectivity index (χ1v) is 8.74. The van der Waals surface area contributed by atoms with Crippen LogP contribution in [0.2, 0.25) is 0 Å². The SMILES string of the molecule is [2H]C1([2H])c2ncccc2C(=O)N1Cc1ccc(-c2ccc3c(cnn3C)c2)cc1. The van der Waals surface area contributed by atoms with Crippen molar-refractivity contribution in [2.45, 2.75) is 13.0 Å². The lowest BCUT2D eigenvalue weighted by Gasteiger charge is -2.15. The third kappa shape index (κ3) is 2.68. The molecular weight excluding hydrogens is 336 g/mol. The van der Waals surface area contributed by atoms with E-state index in [9.17, 15) is 4.79 Å². The molecule has 1 amide bonds. The Labute approximate surface area is 159 Å². The summed E-state index contributed by atoms with van der Waals surface area (Å²) in [5, 5.41) is 5.36. The van der Waals surface area contributed by atoms with Gasteiger partial charge in [-0.2, -0.15) is 5.10 Å². The zero-order valence-electron chi connectivity index (χ0n) is 16.8. The van der Waals surface area contributed by atoms with Gasteiger partial charge in [0.15, 0.2) is 0 Å². The lowest BCUT2D eigenvalue weighted by atomic mass is 10.0. The minimum absolute atomic E-state index is 0.185. The number of pyridine rings is 1. The Morgan fingerprint density at radius 1 is 1.11 bits per heavy atom. The molecule has 27 heavy (non-hydrogen) atoms.